The lowest BCUT2D eigenvalue weighted by Crippen LogP contribution is -2.15. The average molecular weight is 223 g/mol. The van der Waals surface area contributed by atoms with Crippen molar-refractivity contribution in [3.8, 4) is 11.5 Å². The molecule has 16 heavy (non-hydrogen) atoms. The Balaban J connectivity index is 3.42. The van der Waals surface area contributed by atoms with Crippen LogP contribution in [0.25, 0.3) is 0 Å². The number of carbonyl (C=O) groups is 2. The quantitative estimate of drug-likeness (QED) is 0.586. The van der Waals surface area contributed by atoms with Gasteiger partial charge in [0.05, 0.1) is 31.9 Å². The van der Waals surface area contributed by atoms with E-state index in [1.807, 2.05) is 0 Å². The topological polar surface area (TPSA) is 78.6 Å². The first kappa shape index (κ1) is 12.2. The largest absolute Gasteiger partial charge is 0.492 e. The minimum Gasteiger partial charge on any atom is -0.492 e. The van der Waals surface area contributed by atoms with Crippen molar-refractivity contribution in [3.63, 3.8) is 0 Å². The molecule has 0 radical (unpaired) electrons. The van der Waals surface area contributed by atoms with Crippen molar-refractivity contribution in [2.75, 3.05) is 20.8 Å². The Hall–Kier alpha value is -1.88. The van der Waals surface area contributed by atoms with Crippen molar-refractivity contribution in [1.82, 2.24) is 0 Å². The third kappa shape index (κ3) is 2.04. The Labute approximate surface area is 93.1 Å². The highest BCUT2D eigenvalue weighted by molar-refractivity contribution is 6.02. The zero-order valence-electron chi connectivity index (χ0n) is 9.15. The second-order valence-electron chi connectivity index (χ2n) is 3.01. The van der Waals surface area contributed by atoms with Crippen LogP contribution < -0.4 is 15.2 Å². The number of Topliss-reactive ketones (excluding diaryl/α,β-unsaturated/α-hetero) is 1. The molecule has 0 aliphatic rings. The maximum absolute atomic E-state index is 11.5. The highest BCUT2D eigenvalue weighted by atomic mass is 16.5. The van der Waals surface area contributed by atoms with Crippen LogP contribution in [0.1, 0.15) is 20.7 Å². The zero-order valence-corrected chi connectivity index (χ0v) is 9.15. The maximum atomic E-state index is 11.5. The predicted molar refractivity (Wildman–Crippen MR) is 58.3 cm³/mol. The minimum atomic E-state index is -0.271. The number of benzene rings is 1. The van der Waals surface area contributed by atoms with Gasteiger partial charge in [0.2, 0.25) is 0 Å². The molecule has 0 aromatic heterocycles. The molecule has 2 N–H and O–H groups in total. The van der Waals surface area contributed by atoms with Gasteiger partial charge in [-0.1, -0.05) is 0 Å². The van der Waals surface area contributed by atoms with Crippen molar-refractivity contribution in [2.24, 2.45) is 5.73 Å². The molecule has 86 valence electrons. The summed E-state index contributed by atoms with van der Waals surface area (Å²) in [5.74, 6) is 0.215. The first-order chi connectivity index (χ1) is 7.69. The van der Waals surface area contributed by atoms with Crippen LogP contribution in [-0.2, 0) is 0 Å². The molecule has 0 unspecified atom stereocenters. The summed E-state index contributed by atoms with van der Waals surface area (Å²) in [6.45, 7) is -0.125. The lowest BCUT2D eigenvalue weighted by Gasteiger charge is -2.13. The number of ether oxygens (including phenoxy) is 2. The van der Waals surface area contributed by atoms with Crippen molar-refractivity contribution in [1.29, 1.82) is 0 Å². The van der Waals surface area contributed by atoms with E-state index in [-0.39, 0.29) is 23.8 Å². The predicted octanol–water partition coefficient (Wildman–Crippen LogP) is 0.658. The molecular formula is C11H13NO4. The fourth-order valence-electron chi connectivity index (χ4n) is 1.41. The maximum Gasteiger partial charge on any atom is 0.180 e. The Morgan fingerprint density at radius 2 is 1.94 bits per heavy atom. The number of ketones is 1. The van der Waals surface area contributed by atoms with Gasteiger partial charge < -0.3 is 15.2 Å². The Morgan fingerprint density at radius 3 is 2.38 bits per heavy atom. The highest BCUT2D eigenvalue weighted by Crippen LogP contribution is 2.34. The monoisotopic (exact) mass is 223 g/mol. The summed E-state index contributed by atoms with van der Waals surface area (Å²) in [5.41, 5.74) is 5.91. The highest BCUT2D eigenvalue weighted by Gasteiger charge is 2.18. The summed E-state index contributed by atoms with van der Waals surface area (Å²) in [5, 5.41) is 0. The fraction of sp³-hybridized carbons (Fsp3) is 0.273. The normalized spacial score (nSPS) is 9.69. The van der Waals surface area contributed by atoms with Gasteiger partial charge in [0.15, 0.2) is 23.6 Å². The summed E-state index contributed by atoms with van der Waals surface area (Å²) in [4.78, 5) is 22.3. The van der Waals surface area contributed by atoms with Crippen LogP contribution >= 0.6 is 0 Å². The number of nitrogens with two attached hydrogens (primary N) is 1. The van der Waals surface area contributed by atoms with E-state index in [1.165, 1.54) is 26.4 Å². The summed E-state index contributed by atoms with van der Waals surface area (Å²) < 4.78 is 10.1. The molecule has 5 nitrogen and oxygen atoms in total. The lowest BCUT2D eigenvalue weighted by molar-refractivity contribution is 0.0996. The first-order valence-electron chi connectivity index (χ1n) is 4.63. The van der Waals surface area contributed by atoms with E-state index in [0.29, 0.717) is 17.4 Å². The molecule has 0 saturated carbocycles. The van der Waals surface area contributed by atoms with Crippen molar-refractivity contribution in [3.05, 3.63) is 23.3 Å². The number of methoxy groups -OCH3 is 2. The van der Waals surface area contributed by atoms with Gasteiger partial charge in [-0.25, -0.2) is 0 Å². The second-order valence-corrected chi connectivity index (χ2v) is 3.01. The smallest absolute Gasteiger partial charge is 0.180 e. The molecule has 0 aliphatic carbocycles. The molecule has 1 rings (SSSR count). The standard InChI is InChI=1S/C11H13NO4/c1-15-10-7(6-13)3-4-8(9(14)5-12)11(10)16-2/h3-4,6H,5,12H2,1-2H3. The van der Waals surface area contributed by atoms with Gasteiger partial charge in [-0.05, 0) is 12.1 Å². The van der Waals surface area contributed by atoms with Crippen LogP contribution in [0.2, 0.25) is 0 Å². The molecule has 0 aliphatic heterocycles. The first-order valence-corrected chi connectivity index (χ1v) is 4.63. The molecule has 0 saturated heterocycles. The zero-order chi connectivity index (χ0) is 12.1. The van der Waals surface area contributed by atoms with Gasteiger partial charge in [-0.15, -0.1) is 0 Å². The van der Waals surface area contributed by atoms with Crippen LogP contribution in [-0.4, -0.2) is 32.8 Å². The number of carbonyl (C=O) groups excluding carboxylic acids is 2. The third-order valence-corrected chi connectivity index (χ3v) is 2.16. The van der Waals surface area contributed by atoms with Crippen molar-refractivity contribution < 1.29 is 19.1 Å². The van der Waals surface area contributed by atoms with Crippen molar-refractivity contribution in [2.45, 2.75) is 0 Å². The minimum absolute atomic E-state index is 0.125. The van der Waals surface area contributed by atoms with Gasteiger partial charge in [0.1, 0.15) is 0 Å². The molecule has 0 amide bonds. The summed E-state index contributed by atoms with van der Waals surface area (Å²) in [6, 6.07) is 3.00. The van der Waals surface area contributed by atoms with E-state index in [4.69, 9.17) is 15.2 Å². The Morgan fingerprint density at radius 1 is 1.31 bits per heavy atom. The second kappa shape index (κ2) is 5.27. The molecule has 0 spiro atoms. The van der Waals surface area contributed by atoms with Crippen molar-refractivity contribution >= 4 is 12.1 Å². The van der Waals surface area contributed by atoms with Gasteiger partial charge in [-0.3, -0.25) is 9.59 Å². The van der Waals surface area contributed by atoms with Gasteiger partial charge in [0.25, 0.3) is 0 Å². The van der Waals surface area contributed by atoms with E-state index in [0.717, 1.165) is 0 Å². The number of aldehydes is 1. The number of hydrogen-bond donors (Lipinski definition) is 1. The number of hydrogen-bond acceptors (Lipinski definition) is 5. The molecule has 0 heterocycles. The molecule has 5 heteroatoms. The van der Waals surface area contributed by atoms with E-state index < -0.39 is 0 Å². The summed E-state index contributed by atoms with van der Waals surface area (Å²) in [6.07, 6.45) is 0.637. The van der Waals surface area contributed by atoms with Crippen LogP contribution in [0.3, 0.4) is 0 Å². The fourth-order valence-corrected chi connectivity index (χ4v) is 1.41. The third-order valence-electron chi connectivity index (χ3n) is 2.16. The average Bonchev–Trinajstić information content (AvgIpc) is 2.35. The van der Waals surface area contributed by atoms with Crippen LogP contribution in [0.5, 0.6) is 11.5 Å². The Bertz CT molecular complexity index is 415. The molecular weight excluding hydrogens is 210 g/mol. The number of rotatable bonds is 5. The van der Waals surface area contributed by atoms with E-state index in [9.17, 15) is 9.59 Å². The summed E-state index contributed by atoms with van der Waals surface area (Å²) >= 11 is 0. The van der Waals surface area contributed by atoms with E-state index in [1.54, 1.807) is 0 Å². The van der Waals surface area contributed by atoms with Crippen LogP contribution in [0.15, 0.2) is 12.1 Å². The SMILES string of the molecule is COc1c(C=O)ccc(C(=O)CN)c1OC. The van der Waals surface area contributed by atoms with Gasteiger partial charge >= 0.3 is 0 Å². The van der Waals surface area contributed by atoms with Crippen LogP contribution in [0.4, 0.5) is 0 Å². The van der Waals surface area contributed by atoms with E-state index >= 15 is 0 Å². The van der Waals surface area contributed by atoms with Gasteiger partial charge in [-0.2, -0.15) is 0 Å². The van der Waals surface area contributed by atoms with Gasteiger partial charge in [0, 0.05) is 0 Å². The van der Waals surface area contributed by atoms with E-state index in [2.05, 4.69) is 0 Å². The molecule has 1 aromatic carbocycles. The molecule has 0 bridgehead atoms. The molecule has 0 atom stereocenters. The molecule has 0 fully saturated rings. The molecule has 1 aromatic rings. The Kier molecular flexibility index (Phi) is 4.02. The lowest BCUT2D eigenvalue weighted by atomic mass is 10.1. The van der Waals surface area contributed by atoms with Crippen LogP contribution in [0, 0.1) is 0 Å². The summed E-state index contributed by atoms with van der Waals surface area (Å²) in [7, 11) is 2.81.